The molecule has 0 radical (unpaired) electrons. The molecule has 0 amide bonds. The van der Waals surface area contributed by atoms with Crippen LogP contribution in [0.3, 0.4) is 0 Å². The van der Waals surface area contributed by atoms with Gasteiger partial charge in [0.05, 0.1) is 10.5 Å². The maximum absolute atomic E-state index is 11.9. The van der Waals surface area contributed by atoms with Crippen molar-refractivity contribution in [3.63, 3.8) is 0 Å². The summed E-state index contributed by atoms with van der Waals surface area (Å²) in [5.41, 5.74) is -1.26. The van der Waals surface area contributed by atoms with Gasteiger partial charge < -0.3 is 9.84 Å². The van der Waals surface area contributed by atoms with Crippen molar-refractivity contribution < 1.29 is 28.0 Å². The summed E-state index contributed by atoms with van der Waals surface area (Å²) >= 11 is 0. The minimum Gasteiger partial charge on any atom is -0.478 e. The highest BCUT2D eigenvalue weighted by atomic mass is 32.2. The first-order chi connectivity index (χ1) is 10.7. The van der Waals surface area contributed by atoms with E-state index in [4.69, 9.17) is 9.84 Å². The van der Waals surface area contributed by atoms with Gasteiger partial charge in [-0.25, -0.2) is 13.2 Å². The number of carboxylic acid groups (broad SMARTS) is 1. The number of hydrogen-bond acceptors (Lipinski definition) is 6. The molecular weight excluding hydrogens is 326 g/mol. The number of carbonyl (C=O) groups is 1. The van der Waals surface area contributed by atoms with Gasteiger partial charge in [0.25, 0.3) is 0 Å². The Morgan fingerprint density at radius 1 is 1.22 bits per heavy atom. The molecule has 2 aromatic rings. The quantitative estimate of drug-likeness (QED) is 0.656. The van der Waals surface area contributed by atoms with Crippen molar-refractivity contribution in [2.75, 3.05) is 6.26 Å². The van der Waals surface area contributed by atoms with Gasteiger partial charge in [-0.3, -0.25) is 10.1 Å². The highest BCUT2D eigenvalue weighted by molar-refractivity contribution is 7.90. The summed E-state index contributed by atoms with van der Waals surface area (Å²) in [5.74, 6) is -1.82. The number of nitrogens with zero attached hydrogens (tertiary/aromatic N) is 1. The zero-order valence-corrected chi connectivity index (χ0v) is 12.6. The summed E-state index contributed by atoms with van der Waals surface area (Å²) in [5, 5.41) is 20.2. The first-order valence-corrected chi connectivity index (χ1v) is 8.08. The van der Waals surface area contributed by atoms with Gasteiger partial charge >= 0.3 is 11.7 Å². The van der Waals surface area contributed by atoms with Crippen molar-refractivity contribution in [1.29, 1.82) is 0 Å². The lowest BCUT2D eigenvalue weighted by atomic mass is 10.2. The predicted octanol–water partition coefficient (Wildman–Crippen LogP) is 2.49. The van der Waals surface area contributed by atoms with Gasteiger partial charge in [0, 0.05) is 12.3 Å². The zero-order chi connectivity index (χ0) is 17.2. The van der Waals surface area contributed by atoms with E-state index in [1.807, 2.05) is 0 Å². The standard InChI is InChI=1S/C14H11NO7S/c1-23(20,21)12-8-9(14(16)17)7-11(15(18)19)13(12)22-10-5-3-2-4-6-10/h2-8H,1H3,(H,16,17). The molecule has 0 saturated carbocycles. The van der Waals surface area contributed by atoms with Crippen LogP contribution in [-0.2, 0) is 9.84 Å². The van der Waals surface area contributed by atoms with Gasteiger partial charge in [0.15, 0.2) is 9.84 Å². The van der Waals surface area contributed by atoms with E-state index >= 15 is 0 Å². The first-order valence-electron chi connectivity index (χ1n) is 6.19. The lowest BCUT2D eigenvalue weighted by molar-refractivity contribution is -0.385. The molecule has 0 fully saturated rings. The molecule has 23 heavy (non-hydrogen) atoms. The number of hydrogen-bond donors (Lipinski definition) is 1. The third kappa shape index (κ3) is 3.64. The van der Waals surface area contributed by atoms with Crippen LogP contribution in [0.4, 0.5) is 5.69 Å². The predicted molar refractivity (Wildman–Crippen MR) is 79.7 cm³/mol. The summed E-state index contributed by atoms with van der Waals surface area (Å²) < 4.78 is 29.1. The van der Waals surface area contributed by atoms with Crippen LogP contribution in [0.1, 0.15) is 10.4 Å². The van der Waals surface area contributed by atoms with Gasteiger partial charge in [-0.1, -0.05) is 18.2 Å². The smallest absolute Gasteiger partial charge is 0.335 e. The van der Waals surface area contributed by atoms with E-state index in [2.05, 4.69) is 0 Å². The van der Waals surface area contributed by atoms with Crippen LogP contribution in [0.5, 0.6) is 11.5 Å². The number of rotatable bonds is 5. The molecule has 0 spiro atoms. The van der Waals surface area contributed by atoms with Gasteiger partial charge in [-0.05, 0) is 18.2 Å². The number of benzene rings is 2. The Kier molecular flexibility index (Phi) is 4.32. The molecule has 0 aliphatic rings. The molecule has 120 valence electrons. The molecule has 2 aromatic carbocycles. The van der Waals surface area contributed by atoms with Crippen molar-refractivity contribution >= 4 is 21.5 Å². The maximum Gasteiger partial charge on any atom is 0.335 e. The van der Waals surface area contributed by atoms with Crippen LogP contribution >= 0.6 is 0 Å². The summed E-state index contributed by atoms with van der Waals surface area (Å²) in [4.78, 5) is 20.8. The third-order valence-corrected chi connectivity index (χ3v) is 3.94. The SMILES string of the molecule is CS(=O)(=O)c1cc(C(=O)O)cc([N+](=O)[O-])c1Oc1ccccc1. The van der Waals surface area contributed by atoms with Crippen LogP contribution in [0.25, 0.3) is 0 Å². The Bertz CT molecular complexity index is 875. The molecule has 0 aromatic heterocycles. The molecule has 1 N–H and O–H groups in total. The van der Waals surface area contributed by atoms with Gasteiger partial charge in [0.1, 0.15) is 10.6 Å². The third-order valence-electron chi connectivity index (χ3n) is 2.84. The molecule has 0 heterocycles. The molecule has 0 saturated heterocycles. The summed E-state index contributed by atoms with van der Waals surface area (Å²) in [6.07, 6.45) is 0.815. The second-order valence-electron chi connectivity index (χ2n) is 4.57. The van der Waals surface area contributed by atoms with E-state index in [0.717, 1.165) is 18.4 Å². The van der Waals surface area contributed by atoms with E-state index in [1.165, 1.54) is 12.1 Å². The average molecular weight is 337 g/mol. The topological polar surface area (TPSA) is 124 Å². The van der Waals surface area contributed by atoms with Crippen molar-refractivity contribution in [2.24, 2.45) is 0 Å². The second kappa shape index (κ2) is 6.05. The van der Waals surface area contributed by atoms with Crippen LogP contribution in [-0.4, -0.2) is 30.7 Å². The zero-order valence-electron chi connectivity index (χ0n) is 11.8. The Morgan fingerprint density at radius 3 is 2.30 bits per heavy atom. The number of para-hydroxylation sites is 1. The van der Waals surface area contributed by atoms with E-state index in [1.54, 1.807) is 18.2 Å². The van der Waals surface area contributed by atoms with E-state index in [-0.39, 0.29) is 5.75 Å². The number of nitro groups is 1. The lowest BCUT2D eigenvalue weighted by Gasteiger charge is -2.11. The molecule has 0 bridgehead atoms. The number of nitro benzene ring substituents is 1. The highest BCUT2D eigenvalue weighted by Gasteiger charge is 2.28. The molecule has 0 atom stereocenters. The fraction of sp³-hybridized carbons (Fsp3) is 0.0714. The normalized spacial score (nSPS) is 11.0. The number of sulfone groups is 1. The number of carboxylic acids is 1. The average Bonchev–Trinajstić information content (AvgIpc) is 2.46. The van der Waals surface area contributed by atoms with E-state index in [9.17, 15) is 23.3 Å². The Morgan fingerprint density at radius 2 is 1.83 bits per heavy atom. The second-order valence-corrected chi connectivity index (χ2v) is 6.56. The molecule has 9 heteroatoms. The number of aromatic carboxylic acids is 1. The van der Waals surface area contributed by atoms with E-state index < -0.39 is 42.6 Å². The monoisotopic (exact) mass is 337 g/mol. The van der Waals surface area contributed by atoms with Crippen molar-refractivity contribution in [3.8, 4) is 11.5 Å². The van der Waals surface area contributed by atoms with Crippen LogP contribution in [0.2, 0.25) is 0 Å². The van der Waals surface area contributed by atoms with Crippen LogP contribution in [0.15, 0.2) is 47.4 Å². The van der Waals surface area contributed by atoms with Crippen molar-refractivity contribution in [1.82, 2.24) is 0 Å². The summed E-state index contributed by atoms with van der Waals surface area (Å²) in [6, 6.07) is 9.46. The van der Waals surface area contributed by atoms with Crippen molar-refractivity contribution in [2.45, 2.75) is 4.90 Å². The molecule has 0 aliphatic heterocycles. The van der Waals surface area contributed by atoms with Gasteiger partial charge in [0.2, 0.25) is 5.75 Å². The highest BCUT2D eigenvalue weighted by Crippen LogP contribution is 2.38. The Balaban J connectivity index is 2.76. The largest absolute Gasteiger partial charge is 0.478 e. The molecular formula is C14H11NO7S. The van der Waals surface area contributed by atoms with Gasteiger partial charge in [-0.15, -0.1) is 0 Å². The Labute approximate surface area is 131 Å². The fourth-order valence-electron chi connectivity index (χ4n) is 1.83. The molecule has 8 nitrogen and oxygen atoms in total. The molecule has 2 rings (SSSR count). The van der Waals surface area contributed by atoms with E-state index in [0.29, 0.717) is 0 Å². The fourth-order valence-corrected chi connectivity index (χ4v) is 2.66. The minimum atomic E-state index is -3.96. The minimum absolute atomic E-state index is 0.184. The molecule has 0 unspecified atom stereocenters. The van der Waals surface area contributed by atoms with Gasteiger partial charge in [-0.2, -0.15) is 0 Å². The molecule has 0 aliphatic carbocycles. The maximum atomic E-state index is 11.9. The Hall–Kier alpha value is -2.94. The van der Waals surface area contributed by atoms with Crippen molar-refractivity contribution in [3.05, 3.63) is 58.1 Å². The number of ether oxygens (including phenoxy) is 1. The van der Waals surface area contributed by atoms with Crippen LogP contribution in [0, 0.1) is 10.1 Å². The van der Waals surface area contributed by atoms with Crippen LogP contribution < -0.4 is 4.74 Å². The summed E-state index contributed by atoms with van der Waals surface area (Å²) in [6.45, 7) is 0. The lowest BCUT2D eigenvalue weighted by Crippen LogP contribution is -2.07. The summed E-state index contributed by atoms with van der Waals surface area (Å²) in [7, 11) is -3.96. The first kappa shape index (κ1) is 16.4.